The van der Waals surface area contributed by atoms with Crippen molar-refractivity contribution >= 4 is 35.7 Å². The number of phenolic OH excluding ortho intramolecular Hbond substituents is 2. The molecule has 3 heterocycles. The smallest absolute Gasteiger partial charge is 0.340 e. The molecule has 0 amide bonds. The average molecular weight is 797 g/mol. The van der Waals surface area contributed by atoms with Crippen LogP contribution < -0.4 is 37.2 Å². The Kier molecular flexibility index (Phi) is 10.1. The highest BCUT2D eigenvalue weighted by molar-refractivity contribution is 6.01. The van der Waals surface area contributed by atoms with Gasteiger partial charge in [0.2, 0.25) is 0 Å². The number of rotatable bonds is 6. The fraction of sp³-hybridized carbons (Fsp3) is 0.109. The highest BCUT2D eigenvalue weighted by Gasteiger charge is 2.53. The molecule has 11 nitrogen and oxygen atoms in total. The van der Waals surface area contributed by atoms with Gasteiger partial charge in [0.1, 0.15) is 34.5 Å². The van der Waals surface area contributed by atoms with Gasteiger partial charge in [0.05, 0.1) is 16.7 Å². The third kappa shape index (κ3) is 6.41. The van der Waals surface area contributed by atoms with E-state index in [4.69, 9.17) is 14.2 Å². The molecular weight excluding hydrogens is 762 g/mol. The van der Waals surface area contributed by atoms with Crippen LogP contribution >= 0.6 is 0 Å². The Hall–Kier alpha value is -7.24. The van der Waals surface area contributed by atoms with Gasteiger partial charge in [0, 0.05) is 70.0 Å². The molecule has 0 fully saturated rings. The Labute approximate surface area is 338 Å². The molecule has 6 aromatic carbocycles. The number of aromatic carboxylic acids is 2. The van der Waals surface area contributed by atoms with E-state index in [-0.39, 0.29) is 35.0 Å². The SMILES string of the molecule is C=c1ccc2c(c1)Oc1cc(N(CC)CC)ccc1C=2c1ccc(C(=O)O)cc1C(=O)O.O=C1OC2(c3ccc(O)cc3Oc3cc(O)ccc32)c2ccccc21.[Cl-]. The van der Waals surface area contributed by atoms with Crippen LogP contribution in [0.25, 0.3) is 12.2 Å². The summed E-state index contributed by atoms with van der Waals surface area (Å²) in [5.41, 5.74) is 3.99. The van der Waals surface area contributed by atoms with Crippen LogP contribution in [0.3, 0.4) is 0 Å². The minimum absolute atomic E-state index is 0. The lowest BCUT2D eigenvalue weighted by Crippen LogP contribution is -3.00. The molecule has 0 saturated carbocycles. The molecule has 0 saturated heterocycles. The molecule has 58 heavy (non-hydrogen) atoms. The van der Waals surface area contributed by atoms with Gasteiger partial charge in [-0.3, -0.25) is 0 Å². The molecule has 4 N–H and O–H groups in total. The first-order valence-corrected chi connectivity index (χ1v) is 18.1. The Morgan fingerprint density at radius 3 is 1.93 bits per heavy atom. The van der Waals surface area contributed by atoms with Crippen LogP contribution in [-0.2, 0) is 10.3 Å². The summed E-state index contributed by atoms with van der Waals surface area (Å²) in [6.45, 7) is 9.81. The molecule has 0 atom stereocenters. The van der Waals surface area contributed by atoms with Gasteiger partial charge in [-0.05, 0) is 85.3 Å². The highest BCUT2D eigenvalue weighted by atomic mass is 35.5. The minimum Gasteiger partial charge on any atom is -1.00 e. The van der Waals surface area contributed by atoms with E-state index in [2.05, 4.69) is 25.3 Å². The van der Waals surface area contributed by atoms with Gasteiger partial charge in [-0.25, -0.2) is 14.4 Å². The predicted octanol–water partition coefficient (Wildman–Crippen LogP) is 4.36. The van der Waals surface area contributed by atoms with E-state index < -0.39 is 23.5 Å². The number of ether oxygens (including phenoxy) is 3. The van der Waals surface area contributed by atoms with Gasteiger partial charge in [0.25, 0.3) is 0 Å². The second kappa shape index (κ2) is 15.0. The van der Waals surface area contributed by atoms with Crippen molar-refractivity contribution in [3.05, 3.63) is 170 Å². The zero-order valence-electron chi connectivity index (χ0n) is 31.2. The topological polar surface area (TPSA) is 163 Å². The zero-order valence-corrected chi connectivity index (χ0v) is 31.9. The number of phenols is 2. The van der Waals surface area contributed by atoms with E-state index in [1.165, 1.54) is 36.4 Å². The molecule has 0 bridgehead atoms. The Morgan fingerprint density at radius 1 is 0.655 bits per heavy atom. The average Bonchev–Trinajstić information content (AvgIpc) is 3.49. The van der Waals surface area contributed by atoms with Crippen molar-refractivity contribution in [1.82, 2.24) is 0 Å². The molecular formula is C46H35ClNO10-. The summed E-state index contributed by atoms with van der Waals surface area (Å²) in [6, 6.07) is 32.1. The van der Waals surface area contributed by atoms with Crippen molar-refractivity contribution in [3.8, 4) is 34.5 Å². The molecule has 3 aliphatic rings. The van der Waals surface area contributed by atoms with E-state index >= 15 is 0 Å². The fourth-order valence-corrected chi connectivity index (χ4v) is 7.72. The first kappa shape index (κ1) is 39.0. The summed E-state index contributed by atoms with van der Waals surface area (Å²) in [5.74, 6) is -0.774. The molecule has 3 aliphatic heterocycles. The molecule has 292 valence electrons. The molecule has 1 spiro atoms. The van der Waals surface area contributed by atoms with Crippen molar-refractivity contribution in [1.29, 1.82) is 0 Å². The summed E-state index contributed by atoms with van der Waals surface area (Å²) in [6.07, 6.45) is 0. The number of esters is 1. The molecule has 0 unspecified atom stereocenters. The number of hydrogen-bond acceptors (Lipinski definition) is 9. The number of carboxylic acids is 2. The summed E-state index contributed by atoms with van der Waals surface area (Å²) in [4.78, 5) is 38.2. The maximum atomic E-state index is 12.5. The van der Waals surface area contributed by atoms with Crippen LogP contribution in [0.5, 0.6) is 34.5 Å². The van der Waals surface area contributed by atoms with Crippen LogP contribution in [-0.4, -0.2) is 51.4 Å². The van der Waals surface area contributed by atoms with Crippen molar-refractivity contribution in [2.75, 3.05) is 18.0 Å². The van der Waals surface area contributed by atoms with Crippen LogP contribution in [0.4, 0.5) is 5.69 Å². The van der Waals surface area contributed by atoms with Gasteiger partial charge in [-0.1, -0.05) is 43.0 Å². The Morgan fingerprint density at radius 2 is 1.29 bits per heavy atom. The van der Waals surface area contributed by atoms with E-state index in [0.29, 0.717) is 56.4 Å². The summed E-state index contributed by atoms with van der Waals surface area (Å²) in [7, 11) is 0. The number of carbonyl (C=O) groups is 3. The summed E-state index contributed by atoms with van der Waals surface area (Å²) >= 11 is 0. The van der Waals surface area contributed by atoms with Crippen molar-refractivity contribution in [2.24, 2.45) is 0 Å². The van der Waals surface area contributed by atoms with Gasteiger partial charge >= 0.3 is 17.9 Å². The number of carbonyl (C=O) groups excluding carboxylic acids is 1. The quantitative estimate of drug-likeness (QED) is 0.177. The number of benzene rings is 6. The third-order valence-electron chi connectivity index (χ3n) is 10.3. The van der Waals surface area contributed by atoms with E-state index in [1.54, 1.807) is 30.3 Å². The minimum atomic E-state index is -1.20. The largest absolute Gasteiger partial charge is 1.00 e. The first-order valence-electron chi connectivity index (χ1n) is 18.1. The maximum Gasteiger partial charge on any atom is 0.340 e. The number of nitrogens with zero attached hydrogens (tertiary/aromatic N) is 1. The first-order chi connectivity index (χ1) is 27.4. The van der Waals surface area contributed by atoms with E-state index in [0.717, 1.165) is 34.8 Å². The second-order valence-electron chi connectivity index (χ2n) is 13.6. The van der Waals surface area contributed by atoms with E-state index in [1.807, 2.05) is 48.5 Å². The van der Waals surface area contributed by atoms with Gasteiger partial charge in [-0.2, -0.15) is 0 Å². The summed E-state index contributed by atoms with van der Waals surface area (Å²) in [5, 5.41) is 40.4. The van der Waals surface area contributed by atoms with Crippen LogP contribution in [0.2, 0.25) is 0 Å². The molecule has 0 aromatic heterocycles. The highest BCUT2D eigenvalue weighted by Crippen LogP contribution is 2.57. The lowest BCUT2D eigenvalue weighted by Gasteiger charge is -2.36. The number of hydrogen-bond donors (Lipinski definition) is 4. The number of aromatic hydroxyl groups is 2. The molecule has 9 rings (SSSR count). The van der Waals surface area contributed by atoms with Crippen LogP contribution in [0.15, 0.2) is 115 Å². The van der Waals surface area contributed by atoms with Crippen LogP contribution in [0.1, 0.15) is 72.7 Å². The number of fused-ring (bicyclic) bond motifs is 8. The van der Waals surface area contributed by atoms with Crippen LogP contribution in [0, 0.1) is 0 Å². The van der Waals surface area contributed by atoms with Crippen molar-refractivity contribution in [2.45, 2.75) is 19.4 Å². The number of carboxylic acid groups (broad SMARTS) is 2. The monoisotopic (exact) mass is 796 g/mol. The predicted molar refractivity (Wildman–Crippen MR) is 211 cm³/mol. The normalized spacial score (nSPS) is 13.3. The van der Waals surface area contributed by atoms with Crippen molar-refractivity contribution < 1.29 is 61.4 Å². The fourth-order valence-electron chi connectivity index (χ4n) is 7.72. The van der Waals surface area contributed by atoms with Gasteiger partial charge in [0.15, 0.2) is 5.60 Å². The molecule has 6 aromatic rings. The Bertz CT molecular complexity index is 2740. The molecule has 12 heteroatoms. The lowest BCUT2D eigenvalue weighted by molar-refractivity contribution is -0.0000863. The van der Waals surface area contributed by atoms with Gasteiger partial charge < -0.3 is 51.9 Å². The lowest BCUT2D eigenvalue weighted by atomic mass is 9.77. The number of anilines is 1. The Balaban J connectivity index is 0.000000178. The maximum absolute atomic E-state index is 12.5. The zero-order chi connectivity index (χ0) is 40.2. The number of halogens is 1. The summed E-state index contributed by atoms with van der Waals surface area (Å²) < 4.78 is 18.0. The third-order valence-corrected chi connectivity index (χ3v) is 10.3. The molecule has 0 radical (unpaired) electrons. The van der Waals surface area contributed by atoms with Crippen molar-refractivity contribution in [3.63, 3.8) is 0 Å². The second-order valence-corrected chi connectivity index (χ2v) is 13.6. The molecule has 0 aliphatic carbocycles. The standard InChI is InChI=1S/C26H23NO5.C20H12O5.ClH/c1-4-27(5-2)17-8-11-20-23(14-17)32-22-12-15(3)6-9-19(22)24(20)18-10-7-16(25(28)29)13-21(18)26(30)31;21-11-5-7-15-17(9-11)24-18-10-12(22)6-8-16(18)20(15)14-4-2-1-3-13(14)19(23)25-20;/h6-14H,3-5H2,1-2H3,(H,28,29)(H,30,31);1-10,21-22H;1H/p-1. The van der Waals surface area contributed by atoms with Gasteiger partial charge in [-0.15, -0.1) is 0 Å². The van der Waals surface area contributed by atoms with E-state index in [9.17, 15) is 34.8 Å².